The molecule has 4 unspecified atom stereocenters. The zero-order chi connectivity index (χ0) is 17.5. The molecular weight excluding hydrogens is 302 g/mol. The number of cyclic esters (lactones) is 1. The zero-order valence-corrected chi connectivity index (χ0v) is 15.1. The van der Waals surface area contributed by atoms with E-state index in [2.05, 4.69) is 38.1 Å². The molecule has 4 heteroatoms. The van der Waals surface area contributed by atoms with E-state index in [0.29, 0.717) is 24.9 Å². The van der Waals surface area contributed by atoms with Gasteiger partial charge in [-0.2, -0.15) is 0 Å². The standard InChI is InChI=1S/C20H31NO3/c1-14(2)13-23-19-15(3)24-20(22)18(21)11-7-10-17(19)12-16-8-5-4-6-9-16/h4-6,8-9,14-15,17-19H,7,10-13,21H2,1-3H3. The number of hydrogen-bond acceptors (Lipinski definition) is 4. The van der Waals surface area contributed by atoms with E-state index in [1.165, 1.54) is 5.56 Å². The van der Waals surface area contributed by atoms with Crippen molar-refractivity contribution >= 4 is 5.97 Å². The Morgan fingerprint density at radius 1 is 1.25 bits per heavy atom. The molecule has 4 atom stereocenters. The van der Waals surface area contributed by atoms with Crippen molar-refractivity contribution in [3.8, 4) is 0 Å². The summed E-state index contributed by atoms with van der Waals surface area (Å²) in [7, 11) is 0. The highest BCUT2D eigenvalue weighted by Crippen LogP contribution is 2.27. The molecule has 0 aliphatic carbocycles. The maximum absolute atomic E-state index is 12.1. The quantitative estimate of drug-likeness (QED) is 0.840. The number of benzene rings is 1. The number of nitrogens with two attached hydrogens (primary N) is 1. The summed E-state index contributed by atoms with van der Waals surface area (Å²) in [6.07, 6.45) is 3.14. The van der Waals surface area contributed by atoms with Crippen molar-refractivity contribution in [2.45, 2.75) is 64.7 Å². The number of hydrogen-bond donors (Lipinski definition) is 1. The summed E-state index contributed by atoms with van der Waals surface area (Å²) in [5.41, 5.74) is 7.22. The summed E-state index contributed by atoms with van der Waals surface area (Å²) in [4.78, 5) is 12.1. The third-order valence-corrected chi connectivity index (χ3v) is 4.58. The highest BCUT2D eigenvalue weighted by Gasteiger charge is 2.33. The van der Waals surface area contributed by atoms with E-state index < -0.39 is 6.04 Å². The summed E-state index contributed by atoms with van der Waals surface area (Å²) in [5.74, 6) is 0.459. The Balaban J connectivity index is 2.17. The highest BCUT2D eigenvalue weighted by atomic mass is 16.6. The van der Waals surface area contributed by atoms with Gasteiger partial charge in [-0.3, -0.25) is 4.79 Å². The van der Waals surface area contributed by atoms with E-state index in [0.717, 1.165) is 19.3 Å². The van der Waals surface area contributed by atoms with E-state index in [1.807, 2.05) is 13.0 Å². The van der Waals surface area contributed by atoms with Gasteiger partial charge in [-0.15, -0.1) is 0 Å². The average molecular weight is 333 g/mol. The van der Waals surface area contributed by atoms with Crippen LogP contribution in [0.15, 0.2) is 30.3 Å². The topological polar surface area (TPSA) is 61.5 Å². The molecule has 1 saturated heterocycles. The van der Waals surface area contributed by atoms with Crippen molar-refractivity contribution < 1.29 is 14.3 Å². The van der Waals surface area contributed by atoms with Crippen molar-refractivity contribution in [3.63, 3.8) is 0 Å². The molecule has 0 bridgehead atoms. The largest absolute Gasteiger partial charge is 0.459 e. The average Bonchev–Trinajstić information content (AvgIpc) is 2.58. The van der Waals surface area contributed by atoms with Crippen LogP contribution in [0.1, 0.15) is 45.6 Å². The molecule has 4 nitrogen and oxygen atoms in total. The van der Waals surface area contributed by atoms with Gasteiger partial charge in [0.1, 0.15) is 12.1 Å². The molecule has 134 valence electrons. The summed E-state index contributed by atoms with van der Waals surface area (Å²) >= 11 is 0. The molecule has 1 aromatic carbocycles. The lowest BCUT2D eigenvalue weighted by Crippen LogP contribution is -2.41. The minimum absolute atomic E-state index is 0.0955. The van der Waals surface area contributed by atoms with Crippen LogP contribution in [0.4, 0.5) is 0 Å². The zero-order valence-electron chi connectivity index (χ0n) is 15.1. The van der Waals surface area contributed by atoms with Gasteiger partial charge in [-0.05, 0) is 43.6 Å². The molecular formula is C20H31NO3. The van der Waals surface area contributed by atoms with Crippen LogP contribution in [0.5, 0.6) is 0 Å². The summed E-state index contributed by atoms with van der Waals surface area (Å²) in [5, 5.41) is 0. The Morgan fingerprint density at radius 3 is 2.62 bits per heavy atom. The Labute approximate surface area is 145 Å². The van der Waals surface area contributed by atoms with Crippen LogP contribution in [-0.2, 0) is 20.7 Å². The second kappa shape index (κ2) is 9.19. The fourth-order valence-electron chi connectivity index (χ4n) is 3.31. The fraction of sp³-hybridized carbons (Fsp3) is 0.650. The van der Waals surface area contributed by atoms with Crippen molar-refractivity contribution in [3.05, 3.63) is 35.9 Å². The summed E-state index contributed by atoms with van der Waals surface area (Å²) < 4.78 is 11.8. The van der Waals surface area contributed by atoms with E-state index in [-0.39, 0.29) is 18.2 Å². The third-order valence-electron chi connectivity index (χ3n) is 4.58. The van der Waals surface area contributed by atoms with Crippen LogP contribution in [0.2, 0.25) is 0 Å². The lowest BCUT2D eigenvalue weighted by atomic mass is 9.87. The van der Waals surface area contributed by atoms with Crippen LogP contribution < -0.4 is 5.73 Å². The lowest BCUT2D eigenvalue weighted by Gasteiger charge is -2.32. The fourth-order valence-corrected chi connectivity index (χ4v) is 3.31. The molecule has 2 N–H and O–H groups in total. The number of esters is 1. The van der Waals surface area contributed by atoms with Gasteiger partial charge >= 0.3 is 5.97 Å². The molecule has 1 fully saturated rings. The van der Waals surface area contributed by atoms with Gasteiger partial charge in [0.05, 0.1) is 6.10 Å². The molecule has 24 heavy (non-hydrogen) atoms. The normalized spacial score (nSPS) is 28.8. The Kier molecular flexibility index (Phi) is 7.25. The maximum atomic E-state index is 12.1. The van der Waals surface area contributed by atoms with E-state index in [4.69, 9.17) is 15.2 Å². The Hall–Kier alpha value is -1.39. The summed E-state index contributed by atoms with van der Waals surface area (Å²) in [6, 6.07) is 9.93. The first kappa shape index (κ1) is 18.9. The number of carbonyl (C=O) groups excluding carboxylic acids is 1. The first-order valence-electron chi connectivity index (χ1n) is 9.09. The second-order valence-electron chi connectivity index (χ2n) is 7.32. The van der Waals surface area contributed by atoms with Crippen LogP contribution >= 0.6 is 0 Å². The first-order valence-corrected chi connectivity index (χ1v) is 9.09. The van der Waals surface area contributed by atoms with Crippen molar-refractivity contribution in [2.75, 3.05) is 6.61 Å². The molecule has 1 aromatic rings. The first-order chi connectivity index (χ1) is 11.5. The lowest BCUT2D eigenvalue weighted by molar-refractivity contribution is -0.160. The van der Waals surface area contributed by atoms with Crippen LogP contribution in [-0.4, -0.2) is 30.8 Å². The molecule has 0 aromatic heterocycles. The van der Waals surface area contributed by atoms with Gasteiger partial charge in [0.15, 0.2) is 0 Å². The van der Waals surface area contributed by atoms with Crippen LogP contribution in [0, 0.1) is 11.8 Å². The molecule has 0 amide bonds. The van der Waals surface area contributed by atoms with Gasteiger partial charge in [-0.25, -0.2) is 0 Å². The minimum Gasteiger partial charge on any atom is -0.459 e. The minimum atomic E-state index is -0.520. The SMILES string of the molecule is CC(C)COC1C(Cc2ccccc2)CCCC(N)C(=O)OC1C. The van der Waals surface area contributed by atoms with Crippen LogP contribution in [0.25, 0.3) is 0 Å². The van der Waals surface area contributed by atoms with Gasteiger partial charge in [-0.1, -0.05) is 50.6 Å². The third kappa shape index (κ3) is 5.60. The van der Waals surface area contributed by atoms with E-state index in [9.17, 15) is 4.79 Å². The molecule has 1 aliphatic heterocycles. The number of carbonyl (C=O) groups is 1. The Bertz CT molecular complexity index is 503. The summed E-state index contributed by atoms with van der Waals surface area (Å²) in [6.45, 7) is 6.87. The molecule has 2 rings (SSSR count). The number of ether oxygens (including phenoxy) is 2. The van der Waals surface area contributed by atoms with Crippen LogP contribution in [0.3, 0.4) is 0 Å². The molecule has 0 saturated carbocycles. The predicted octanol–water partition coefficient (Wildman–Crippen LogP) is 3.33. The van der Waals surface area contributed by atoms with Crippen molar-refractivity contribution in [1.82, 2.24) is 0 Å². The van der Waals surface area contributed by atoms with Gasteiger partial charge in [0, 0.05) is 6.61 Å². The van der Waals surface area contributed by atoms with Gasteiger partial charge < -0.3 is 15.2 Å². The van der Waals surface area contributed by atoms with Gasteiger partial charge in [0.2, 0.25) is 0 Å². The molecule has 1 aliphatic rings. The van der Waals surface area contributed by atoms with E-state index in [1.54, 1.807) is 0 Å². The van der Waals surface area contributed by atoms with Crippen molar-refractivity contribution in [1.29, 1.82) is 0 Å². The Morgan fingerprint density at radius 2 is 1.96 bits per heavy atom. The molecule has 0 radical (unpaired) electrons. The highest BCUT2D eigenvalue weighted by molar-refractivity contribution is 5.75. The number of rotatable bonds is 5. The van der Waals surface area contributed by atoms with Crippen molar-refractivity contribution in [2.24, 2.45) is 17.6 Å². The molecule has 0 spiro atoms. The molecule has 1 heterocycles. The maximum Gasteiger partial charge on any atom is 0.323 e. The van der Waals surface area contributed by atoms with Gasteiger partial charge in [0.25, 0.3) is 0 Å². The predicted molar refractivity (Wildman–Crippen MR) is 95.6 cm³/mol. The monoisotopic (exact) mass is 333 g/mol. The smallest absolute Gasteiger partial charge is 0.323 e. The van der Waals surface area contributed by atoms with E-state index >= 15 is 0 Å². The second-order valence-corrected chi connectivity index (χ2v) is 7.32.